The summed E-state index contributed by atoms with van der Waals surface area (Å²) in [5, 5.41) is 4.39. The van der Waals surface area contributed by atoms with E-state index in [1.807, 2.05) is 70.6 Å². The van der Waals surface area contributed by atoms with E-state index >= 15 is 0 Å². The minimum absolute atomic E-state index is 0.00780. The van der Waals surface area contributed by atoms with Crippen molar-refractivity contribution < 1.29 is 19.1 Å². The summed E-state index contributed by atoms with van der Waals surface area (Å²) in [5.41, 5.74) is 4.84. The molecule has 0 aromatic carbocycles. The van der Waals surface area contributed by atoms with Crippen LogP contribution in [0.2, 0.25) is 0 Å². The van der Waals surface area contributed by atoms with E-state index in [9.17, 15) is 9.59 Å². The summed E-state index contributed by atoms with van der Waals surface area (Å²) in [7, 11) is 0. The van der Waals surface area contributed by atoms with Gasteiger partial charge in [-0.15, -0.1) is 23.5 Å². The van der Waals surface area contributed by atoms with Crippen LogP contribution in [0.4, 0.5) is 0 Å². The van der Waals surface area contributed by atoms with Gasteiger partial charge in [0.2, 0.25) is 0 Å². The molecule has 2 unspecified atom stereocenters. The van der Waals surface area contributed by atoms with E-state index in [0.29, 0.717) is 23.7 Å². The molecule has 0 radical (unpaired) electrons. The fourth-order valence-electron chi connectivity index (χ4n) is 19.9. The van der Waals surface area contributed by atoms with Gasteiger partial charge in [0.05, 0.1) is 16.9 Å². The summed E-state index contributed by atoms with van der Waals surface area (Å²) in [6.07, 6.45) is 38.8. The van der Waals surface area contributed by atoms with Gasteiger partial charge in [0.1, 0.15) is 12.2 Å². The van der Waals surface area contributed by atoms with E-state index < -0.39 is 0 Å². The maximum Gasteiger partial charge on any atom is 0.306 e. The number of rotatable bonds is 24. The number of allylic oxidation sites excluding steroid dienone is 2. The van der Waals surface area contributed by atoms with Crippen molar-refractivity contribution >= 4 is 82.5 Å². The molecule has 448 valence electrons. The number of unbranched alkanes of at least 4 members (excludes halogenated alkanes) is 2. The van der Waals surface area contributed by atoms with E-state index in [4.69, 9.17) is 9.47 Å². The van der Waals surface area contributed by atoms with Crippen molar-refractivity contribution in [2.75, 3.05) is 11.5 Å². The van der Waals surface area contributed by atoms with Gasteiger partial charge < -0.3 is 9.47 Å². The highest BCUT2D eigenvalue weighted by atomic mass is 32.3. The number of carbonyl (C=O) groups excluding carboxylic acids is 2. The molecule has 2 heterocycles. The summed E-state index contributed by atoms with van der Waals surface area (Å²) in [5.74, 6) is 12.2. The lowest BCUT2D eigenvalue weighted by Gasteiger charge is -2.58. The van der Waals surface area contributed by atoms with E-state index in [2.05, 4.69) is 92.2 Å². The van der Waals surface area contributed by atoms with Crippen molar-refractivity contribution in [2.24, 2.45) is 92.7 Å². The van der Waals surface area contributed by atoms with Gasteiger partial charge in [0.15, 0.2) is 0 Å². The Morgan fingerprint density at radius 2 is 0.963 bits per heavy atom. The smallest absolute Gasteiger partial charge is 0.306 e. The van der Waals surface area contributed by atoms with Crippen LogP contribution in [-0.4, -0.2) is 35.7 Å². The fourth-order valence-corrected chi connectivity index (χ4v) is 28.1. The Bertz CT molecular complexity index is 2180. The first-order valence-electron chi connectivity index (χ1n) is 33.3. The molecule has 0 N–H and O–H groups in total. The van der Waals surface area contributed by atoms with Crippen molar-refractivity contribution in [3.05, 3.63) is 51.1 Å². The average molecular weight is 1210 g/mol. The largest absolute Gasteiger partial charge is 0.462 e. The van der Waals surface area contributed by atoms with Crippen LogP contribution < -0.4 is 0 Å². The standard InChI is InChI=1S/C70H108O4S6/c1-45(2)17-15-19-47(5)55-27-29-57-53-25-23-49-43-51(31-35-67(49,7)59(53)33-37-69(55,57)9)73-61(71)21-11-13-39-75-64-65(80-66(79-64)63-77-41-42-78-63)76-40-14-12-22-62(72)74-52-32-36-68(8)50(44-52)24-26-54-58-30-28-56(48(6)20-16-18-46(3)4)70(58,10)38-34-60(54)68/h23-24,41-42,45-48,51-60H,11-22,25-40,43-44H2,1-10H3/t47-,48-,51?,52?,53+,54+,55-,56-,57+,58+,59+,60+,67+,68+,69-,70-/m1/s1. The molecule has 2 aliphatic heterocycles. The Kier molecular flexibility index (Phi) is 21.5. The normalized spacial score (nSPS) is 38.1. The molecular weight excluding hydrogens is 1100 g/mol. The van der Waals surface area contributed by atoms with Gasteiger partial charge in [-0.2, -0.15) is 0 Å². The summed E-state index contributed by atoms with van der Waals surface area (Å²) in [6, 6.07) is 0. The van der Waals surface area contributed by atoms with Crippen molar-refractivity contribution in [3.8, 4) is 0 Å². The summed E-state index contributed by atoms with van der Waals surface area (Å²) < 4.78 is 18.2. The van der Waals surface area contributed by atoms with Gasteiger partial charge in [-0.1, -0.05) is 178 Å². The van der Waals surface area contributed by atoms with Crippen molar-refractivity contribution in [3.63, 3.8) is 0 Å². The summed E-state index contributed by atoms with van der Waals surface area (Å²) >= 11 is 11.5. The Morgan fingerprint density at radius 3 is 1.39 bits per heavy atom. The molecule has 0 saturated heterocycles. The van der Waals surface area contributed by atoms with Gasteiger partial charge in [0, 0.05) is 25.7 Å². The minimum Gasteiger partial charge on any atom is -0.462 e. The molecule has 6 fully saturated rings. The third kappa shape index (κ3) is 13.7. The van der Waals surface area contributed by atoms with Crippen LogP contribution in [0, 0.1) is 92.7 Å². The van der Waals surface area contributed by atoms with Crippen LogP contribution in [0.3, 0.4) is 0 Å². The second kappa shape index (κ2) is 27.4. The first-order valence-corrected chi connectivity index (χ1v) is 38.6. The molecule has 8 aliphatic carbocycles. The SMILES string of the molecule is CC(C)CCC[C@@H](C)[C@H]1CC[C@H]2[C@@H]3CC=C4CC(OC(=O)CCCCSC5=C(SCCCCC(=O)OC6CC[C@@]7(C)C(=CC[C@H]8[C@@H]9CC[C@H]([C@H](C)CCCC(C)C)[C@@]9(C)CC[C@@H]87)C6)SC(=C6SC=CS6)S5)CC[C@]4(C)[C@H]3CC[C@]12C. The molecule has 6 saturated carbocycles. The Hall–Kier alpha value is -0.260. The number of hydrogen-bond donors (Lipinski definition) is 0. The van der Waals surface area contributed by atoms with Crippen LogP contribution in [0.5, 0.6) is 0 Å². The molecule has 10 rings (SSSR count). The quantitative estimate of drug-likeness (QED) is 0.0531. The molecular formula is C70H108O4S6. The topological polar surface area (TPSA) is 52.6 Å². The first-order chi connectivity index (χ1) is 38.4. The van der Waals surface area contributed by atoms with E-state index in [1.54, 1.807) is 11.1 Å². The van der Waals surface area contributed by atoms with Gasteiger partial charge in [-0.05, 0) is 231 Å². The molecule has 80 heavy (non-hydrogen) atoms. The predicted octanol–water partition coefficient (Wildman–Crippen LogP) is 22.4. The van der Waals surface area contributed by atoms with Crippen molar-refractivity contribution in [1.29, 1.82) is 0 Å². The van der Waals surface area contributed by atoms with E-state index in [1.165, 1.54) is 133 Å². The number of hydrogen-bond acceptors (Lipinski definition) is 10. The molecule has 10 heteroatoms. The van der Waals surface area contributed by atoms with E-state index in [0.717, 1.165) is 134 Å². The summed E-state index contributed by atoms with van der Waals surface area (Å²) in [4.78, 5) is 26.8. The van der Waals surface area contributed by atoms with Gasteiger partial charge in [0.25, 0.3) is 0 Å². The predicted molar refractivity (Wildman–Crippen MR) is 352 cm³/mol. The zero-order valence-electron chi connectivity index (χ0n) is 51.7. The van der Waals surface area contributed by atoms with Gasteiger partial charge in [-0.25, -0.2) is 0 Å². The maximum absolute atomic E-state index is 13.4. The molecule has 0 aromatic heterocycles. The molecule has 0 spiro atoms. The molecule has 16 atom stereocenters. The third-order valence-electron chi connectivity index (χ3n) is 24.2. The molecule has 4 nitrogen and oxygen atoms in total. The van der Waals surface area contributed by atoms with Crippen LogP contribution in [-0.2, 0) is 19.1 Å². The zero-order valence-corrected chi connectivity index (χ0v) is 56.6. The monoisotopic (exact) mass is 1200 g/mol. The summed E-state index contributed by atoms with van der Waals surface area (Å²) in [6.45, 7) is 25.3. The molecule has 0 amide bonds. The number of carbonyl (C=O) groups is 2. The number of thioether (sulfide) groups is 6. The highest BCUT2D eigenvalue weighted by Crippen LogP contribution is 2.70. The van der Waals surface area contributed by atoms with E-state index in [-0.39, 0.29) is 35.0 Å². The second-order valence-electron chi connectivity index (χ2n) is 29.8. The van der Waals surface area contributed by atoms with Crippen LogP contribution in [0.25, 0.3) is 0 Å². The molecule has 10 aliphatic rings. The fraction of sp³-hybridized carbons (Fsp3) is 0.829. The second-order valence-corrected chi connectivity index (χ2v) is 36.9. The molecule has 0 bridgehead atoms. The zero-order chi connectivity index (χ0) is 56.4. The minimum atomic E-state index is 0.00780. The highest BCUT2D eigenvalue weighted by molar-refractivity contribution is 8.42. The number of ether oxygens (including phenoxy) is 2. The Labute approximate surface area is 514 Å². The lowest BCUT2D eigenvalue weighted by molar-refractivity contribution is -0.152. The maximum atomic E-state index is 13.4. The first kappa shape index (κ1) is 62.8. The van der Waals surface area contributed by atoms with Crippen LogP contribution in [0.15, 0.2) is 51.1 Å². The number of esters is 2. The highest BCUT2D eigenvalue weighted by Gasteiger charge is 2.61. The Morgan fingerprint density at radius 1 is 0.525 bits per heavy atom. The Balaban J connectivity index is 0.628. The van der Waals surface area contributed by atoms with Crippen molar-refractivity contribution in [2.45, 2.75) is 261 Å². The van der Waals surface area contributed by atoms with Crippen molar-refractivity contribution in [1.82, 2.24) is 0 Å². The molecule has 0 aromatic rings. The average Bonchev–Trinajstić information content (AvgIpc) is 4.26. The lowest BCUT2D eigenvalue weighted by Crippen LogP contribution is -2.51. The van der Waals surface area contributed by atoms with Crippen LogP contribution >= 0.6 is 70.6 Å². The lowest BCUT2D eigenvalue weighted by atomic mass is 9.47. The van der Waals surface area contributed by atoms with Gasteiger partial charge >= 0.3 is 11.9 Å². The van der Waals surface area contributed by atoms with Gasteiger partial charge in [-0.3, -0.25) is 9.59 Å². The van der Waals surface area contributed by atoms with Crippen LogP contribution in [0.1, 0.15) is 249 Å². The number of fused-ring (bicyclic) bond motifs is 10. The third-order valence-corrected chi connectivity index (χ3v) is 32.6.